The number of phenols is 1. The standard InChI is InChI=1S/C29H38ClN3O3.C2H6/c1-28(2,18-31)17-29(3,4)19-32-12-7-13-36-26-16-22(30)10-11-24(26)33-27(35)23-14-20-8-5-6-9-21(20)15-25(23)34;1-2/h5-6,8-11,14-16,32,34H,7,12-13,17-19,31H2,1-4H3,(H,33,35);1-2H3. The van der Waals surface area contributed by atoms with Crippen molar-refractivity contribution in [3.05, 3.63) is 65.2 Å². The van der Waals surface area contributed by atoms with Crippen LogP contribution in [0.3, 0.4) is 0 Å². The zero-order valence-electron chi connectivity index (χ0n) is 23.7. The summed E-state index contributed by atoms with van der Waals surface area (Å²) in [6.45, 7) is 15.7. The predicted molar refractivity (Wildman–Crippen MR) is 161 cm³/mol. The Labute approximate surface area is 232 Å². The summed E-state index contributed by atoms with van der Waals surface area (Å²) >= 11 is 6.18. The lowest BCUT2D eigenvalue weighted by atomic mass is 9.75. The molecule has 0 heterocycles. The number of amides is 1. The third-order valence-corrected chi connectivity index (χ3v) is 6.40. The summed E-state index contributed by atoms with van der Waals surface area (Å²) in [6, 6.07) is 15.9. The molecule has 1 amide bonds. The van der Waals surface area contributed by atoms with Crippen LogP contribution in [-0.4, -0.2) is 37.3 Å². The maximum atomic E-state index is 13.0. The van der Waals surface area contributed by atoms with E-state index in [1.807, 2.05) is 38.1 Å². The van der Waals surface area contributed by atoms with E-state index in [9.17, 15) is 9.90 Å². The van der Waals surface area contributed by atoms with Crippen molar-refractivity contribution in [3.8, 4) is 11.5 Å². The summed E-state index contributed by atoms with van der Waals surface area (Å²) in [4.78, 5) is 13.0. The number of fused-ring (bicyclic) bond motifs is 1. The summed E-state index contributed by atoms with van der Waals surface area (Å²) < 4.78 is 5.97. The van der Waals surface area contributed by atoms with Crippen LogP contribution in [-0.2, 0) is 0 Å². The number of nitrogens with two attached hydrogens (primary N) is 1. The number of hydrogen-bond acceptors (Lipinski definition) is 5. The largest absolute Gasteiger partial charge is 0.507 e. The average molecular weight is 542 g/mol. The molecule has 38 heavy (non-hydrogen) atoms. The Hall–Kier alpha value is -2.80. The first kappa shape index (κ1) is 31.4. The second-order valence-corrected chi connectivity index (χ2v) is 11.3. The van der Waals surface area contributed by atoms with E-state index in [0.717, 1.165) is 36.7 Å². The van der Waals surface area contributed by atoms with E-state index in [1.54, 1.807) is 30.3 Å². The summed E-state index contributed by atoms with van der Waals surface area (Å²) in [7, 11) is 0. The first-order valence-electron chi connectivity index (χ1n) is 13.4. The van der Waals surface area contributed by atoms with E-state index < -0.39 is 5.91 Å². The van der Waals surface area contributed by atoms with Gasteiger partial charge in [0, 0.05) is 17.6 Å². The van der Waals surface area contributed by atoms with Gasteiger partial charge in [-0.1, -0.05) is 77.4 Å². The monoisotopic (exact) mass is 541 g/mol. The minimum Gasteiger partial charge on any atom is -0.507 e. The third kappa shape index (κ3) is 9.50. The van der Waals surface area contributed by atoms with Crippen LogP contribution in [0.2, 0.25) is 5.02 Å². The molecule has 0 unspecified atom stereocenters. The molecule has 7 heteroatoms. The molecule has 0 fully saturated rings. The van der Waals surface area contributed by atoms with Crippen molar-refractivity contribution in [1.82, 2.24) is 5.32 Å². The molecule has 0 spiro atoms. The normalized spacial score (nSPS) is 11.6. The van der Waals surface area contributed by atoms with Crippen LogP contribution in [0.4, 0.5) is 5.69 Å². The molecule has 0 aliphatic rings. The molecule has 3 aromatic rings. The number of nitrogens with one attached hydrogen (secondary N) is 2. The summed E-state index contributed by atoms with van der Waals surface area (Å²) in [5.74, 6) is -0.0117. The first-order valence-corrected chi connectivity index (χ1v) is 13.7. The van der Waals surface area contributed by atoms with E-state index in [4.69, 9.17) is 22.1 Å². The number of anilines is 1. The van der Waals surface area contributed by atoms with Gasteiger partial charge in [0.1, 0.15) is 11.5 Å². The minimum absolute atomic E-state index is 0.0773. The molecule has 0 atom stereocenters. The molecule has 0 aliphatic carbocycles. The van der Waals surface area contributed by atoms with E-state index in [0.29, 0.717) is 29.6 Å². The fraction of sp³-hybridized carbons (Fsp3) is 0.452. The summed E-state index contributed by atoms with van der Waals surface area (Å²) in [6.07, 6.45) is 1.83. The second-order valence-electron chi connectivity index (χ2n) is 10.9. The van der Waals surface area contributed by atoms with Gasteiger partial charge in [0.15, 0.2) is 0 Å². The number of rotatable bonds is 12. The number of hydrogen-bond donors (Lipinski definition) is 4. The van der Waals surface area contributed by atoms with Gasteiger partial charge < -0.3 is 26.2 Å². The zero-order chi connectivity index (χ0) is 28.3. The SMILES string of the molecule is CC.CC(C)(CN)CC(C)(C)CNCCCOc1cc(Cl)ccc1NC(=O)c1cc2ccccc2cc1O. The summed E-state index contributed by atoms with van der Waals surface area (Å²) in [5, 5.41) is 19.0. The number of carbonyl (C=O) groups is 1. The lowest BCUT2D eigenvalue weighted by Crippen LogP contribution is -2.37. The molecule has 0 saturated heterocycles. The number of benzene rings is 3. The topological polar surface area (TPSA) is 96.6 Å². The van der Waals surface area contributed by atoms with Crippen LogP contribution < -0.4 is 21.1 Å². The third-order valence-electron chi connectivity index (χ3n) is 6.17. The highest BCUT2D eigenvalue weighted by Crippen LogP contribution is 2.33. The van der Waals surface area contributed by atoms with Gasteiger partial charge in [-0.3, -0.25) is 4.79 Å². The Morgan fingerprint density at radius 2 is 1.66 bits per heavy atom. The molecule has 0 radical (unpaired) electrons. The zero-order valence-corrected chi connectivity index (χ0v) is 24.4. The van der Waals surface area contributed by atoms with Crippen molar-refractivity contribution in [2.75, 3.05) is 31.6 Å². The fourth-order valence-electron chi connectivity index (χ4n) is 4.55. The van der Waals surface area contributed by atoms with Crippen LogP contribution in [0, 0.1) is 10.8 Å². The molecule has 0 bridgehead atoms. The van der Waals surface area contributed by atoms with Gasteiger partial charge in [-0.2, -0.15) is 0 Å². The first-order chi connectivity index (χ1) is 18.0. The predicted octanol–water partition coefficient (Wildman–Crippen LogP) is 7.24. The van der Waals surface area contributed by atoms with Crippen LogP contribution >= 0.6 is 11.6 Å². The smallest absolute Gasteiger partial charge is 0.259 e. The highest BCUT2D eigenvalue weighted by atomic mass is 35.5. The van der Waals surface area contributed by atoms with Gasteiger partial charge in [-0.25, -0.2) is 0 Å². The number of carbonyl (C=O) groups excluding carboxylic acids is 1. The lowest BCUT2D eigenvalue weighted by molar-refractivity contribution is 0.102. The van der Waals surface area contributed by atoms with E-state index in [2.05, 4.69) is 38.3 Å². The van der Waals surface area contributed by atoms with Crippen LogP contribution in [0.15, 0.2) is 54.6 Å². The average Bonchev–Trinajstić information content (AvgIpc) is 2.87. The van der Waals surface area contributed by atoms with Gasteiger partial charge in [0.2, 0.25) is 0 Å². The van der Waals surface area contributed by atoms with Crippen LogP contribution in [0.1, 0.15) is 64.7 Å². The van der Waals surface area contributed by atoms with Crippen molar-refractivity contribution in [2.45, 2.75) is 54.4 Å². The Kier molecular flexibility index (Phi) is 11.9. The van der Waals surface area contributed by atoms with Gasteiger partial charge in [-0.05, 0) is 71.8 Å². The fourth-order valence-corrected chi connectivity index (χ4v) is 4.72. The minimum atomic E-state index is -0.422. The van der Waals surface area contributed by atoms with Gasteiger partial charge in [0.25, 0.3) is 5.91 Å². The molecule has 6 nitrogen and oxygen atoms in total. The Morgan fingerprint density at radius 1 is 1.00 bits per heavy atom. The van der Waals surface area contributed by atoms with Crippen molar-refractivity contribution >= 4 is 34.0 Å². The van der Waals surface area contributed by atoms with Gasteiger partial charge in [-0.15, -0.1) is 0 Å². The lowest BCUT2D eigenvalue weighted by Gasteiger charge is -2.34. The second kappa shape index (κ2) is 14.4. The van der Waals surface area contributed by atoms with Crippen molar-refractivity contribution in [1.29, 1.82) is 0 Å². The highest BCUT2D eigenvalue weighted by Gasteiger charge is 2.27. The molecular formula is C31H44ClN3O3. The highest BCUT2D eigenvalue weighted by molar-refractivity contribution is 6.30. The van der Waals surface area contributed by atoms with E-state index >= 15 is 0 Å². The van der Waals surface area contributed by atoms with Gasteiger partial charge >= 0.3 is 0 Å². The Balaban J connectivity index is 0.00000247. The molecular weight excluding hydrogens is 498 g/mol. The number of halogens is 1. The van der Waals surface area contributed by atoms with Crippen molar-refractivity contribution < 1.29 is 14.6 Å². The molecule has 3 aromatic carbocycles. The number of phenolic OH excluding ortho intramolecular Hbond substituents is 1. The van der Waals surface area contributed by atoms with Crippen molar-refractivity contribution in [3.63, 3.8) is 0 Å². The maximum absolute atomic E-state index is 13.0. The molecule has 3 rings (SSSR count). The summed E-state index contributed by atoms with van der Waals surface area (Å²) in [5.41, 5.74) is 6.84. The quantitative estimate of drug-likeness (QED) is 0.181. The van der Waals surface area contributed by atoms with E-state index in [1.165, 1.54) is 0 Å². The van der Waals surface area contributed by atoms with E-state index in [-0.39, 0.29) is 22.1 Å². The Morgan fingerprint density at radius 3 is 2.32 bits per heavy atom. The molecule has 0 aliphatic heterocycles. The molecule has 5 N–H and O–H groups in total. The molecule has 0 aromatic heterocycles. The van der Waals surface area contributed by atoms with Crippen molar-refractivity contribution in [2.24, 2.45) is 16.6 Å². The molecule has 0 saturated carbocycles. The van der Waals surface area contributed by atoms with Gasteiger partial charge in [0.05, 0.1) is 17.9 Å². The number of ether oxygens (including phenoxy) is 1. The maximum Gasteiger partial charge on any atom is 0.259 e. The molecule has 208 valence electrons. The number of aromatic hydroxyl groups is 1. The Bertz CT molecular complexity index is 1190. The van der Waals surface area contributed by atoms with Crippen LogP contribution in [0.5, 0.6) is 11.5 Å². The van der Waals surface area contributed by atoms with Crippen LogP contribution in [0.25, 0.3) is 10.8 Å².